The summed E-state index contributed by atoms with van der Waals surface area (Å²) < 4.78 is 42.7. The van der Waals surface area contributed by atoms with Gasteiger partial charge in [0.2, 0.25) is 5.91 Å². The Kier molecular flexibility index (Phi) is 6.08. The number of carbonyl (C=O) groups excluding carboxylic acids is 1. The molecule has 1 amide bonds. The summed E-state index contributed by atoms with van der Waals surface area (Å²) in [5.41, 5.74) is -0.803. The van der Waals surface area contributed by atoms with Gasteiger partial charge in [0.25, 0.3) is 10.0 Å². The van der Waals surface area contributed by atoms with Crippen molar-refractivity contribution in [3.05, 3.63) is 23.2 Å². The Balaban J connectivity index is 2.24. The Morgan fingerprint density at radius 2 is 2.08 bits per heavy atom. The van der Waals surface area contributed by atoms with Crippen molar-refractivity contribution in [3.63, 3.8) is 0 Å². The van der Waals surface area contributed by atoms with E-state index in [0.29, 0.717) is 13.0 Å². The molecule has 0 aliphatic carbocycles. The van der Waals surface area contributed by atoms with Gasteiger partial charge in [0.05, 0.1) is 25.2 Å². The molecule has 0 bridgehead atoms. The maximum atomic E-state index is 12.6. The van der Waals surface area contributed by atoms with E-state index in [9.17, 15) is 13.2 Å². The fourth-order valence-corrected chi connectivity index (χ4v) is 3.66. The fourth-order valence-electron chi connectivity index (χ4n) is 2.18. The van der Waals surface area contributed by atoms with Crippen molar-refractivity contribution in [2.24, 2.45) is 5.41 Å². The first-order valence-electron chi connectivity index (χ1n) is 7.41. The van der Waals surface area contributed by atoms with Gasteiger partial charge >= 0.3 is 0 Å². The van der Waals surface area contributed by atoms with Crippen molar-refractivity contribution in [1.29, 1.82) is 0 Å². The van der Waals surface area contributed by atoms with Crippen LogP contribution in [0.2, 0.25) is 5.02 Å². The van der Waals surface area contributed by atoms with Gasteiger partial charge in [-0.15, -0.1) is 0 Å². The standard InChI is InChI=1S/C15H20ClNO6S/c1-3-15(9-22-10-15)14(18)17-24(19,20)13-8-11(16)4-5-12(13)23-7-6-21-2/h4-5,8H,3,6-7,9-10H2,1-2H3,(H,17,18). The van der Waals surface area contributed by atoms with Crippen LogP contribution in [-0.2, 0) is 24.3 Å². The van der Waals surface area contributed by atoms with Crippen molar-refractivity contribution >= 4 is 27.5 Å². The summed E-state index contributed by atoms with van der Waals surface area (Å²) in [5.74, 6) is -0.480. The zero-order chi connectivity index (χ0) is 17.8. The summed E-state index contributed by atoms with van der Waals surface area (Å²) in [6.07, 6.45) is 0.487. The minimum Gasteiger partial charge on any atom is -0.490 e. The predicted molar refractivity (Wildman–Crippen MR) is 87.7 cm³/mol. The average molecular weight is 378 g/mol. The summed E-state index contributed by atoms with van der Waals surface area (Å²) in [4.78, 5) is 12.2. The summed E-state index contributed by atoms with van der Waals surface area (Å²) in [7, 11) is -2.62. The third-order valence-corrected chi connectivity index (χ3v) is 5.47. The average Bonchev–Trinajstić information content (AvgIpc) is 2.48. The van der Waals surface area contributed by atoms with Crippen LogP contribution in [0.5, 0.6) is 5.75 Å². The smallest absolute Gasteiger partial charge is 0.267 e. The highest BCUT2D eigenvalue weighted by atomic mass is 35.5. The van der Waals surface area contributed by atoms with Crippen LogP contribution in [0.15, 0.2) is 23.1 Å². The zero-order valence-corrected chi connectivity index (χ0v) is 15.1. The second kappa shape index (κ2) is 7.69. The first-order valence-corrected chi connectivity index (χ1v) is 9.27. The van der Waals surface area contributed by atoms with Crippen LogP contribution in [0, 0.1) is 5.41 Å². The number of hydrogen-bond acceptors (Lipinski definition) is 6. The van der Waals surface area contributed by atoms with E-state index in [1.165, 1.54) is 25.3 Å². The topological polar surface area (TPSA) is 90.9 Å². The number of hydrogen-bond donors (Lipinski definition) is 1. The summed E-state index contributed by atoms with van der Waals surface area (Å²) in [6.45, 7) is 2.69. The van der Waals surface area contributed by atoms with Crippen LogP contribution < -0.4 is 9.46 Å². The predicted octanol–water partition coefficient (Wildman–Crippen LogP) is 1.60. The lowest BCUT2D eigenvalue weighted by Crippen LogP contribution is -2.54. The second-order valence-electron chi connectivity index (χ2n) is 5.49. The molecule has 24 heavy (non-hydrogen) atoms. The highest BCUT2D eigenvalue weighted by Crippen LogP contribution is 2.33. The third kappa shape index (κ3) is 4.00. The molecule has 1 heterocycles. The number of sulfonamides is 1. The van der Waals surface area contributed by atoms with Crippen molar-refractivity contribution in [1.82, 2.24) is 4.72 Å². The largest absolute Gasteiger partial charge is 0.490 e. The van der Waals surface area contributed by atoms with E-state index in [4.69, 9.17) is 25.8 Å². The van der Waals surface area contributed by atoms with Crippen molar-refractivity contribution in [3.8, 4) is 5.75 Å². The molecule has 1 aliphatic rings. The summed E-state index contributed by atoms with van der Waals surface area (Å²) >= 11 is 5.90. The Morgan fingerprint density at radius 3 is 2.62 bits per heavy atom. The van der Waals surface area contributed by atoms with Crippen LogP contribution in [-0.4, -0.2) is 47.9 Å². The molecule has 0 aromatic heterocycles. The molecule has 1 N–H and O–H groups in total. The van der Waals surface area contributed by atoms with Crippen molar-refractivity contribution < 1.29 is 27.4 Å². The van der Waals surface area contributed by atoms with E-state index in [1.807, 2.05) is 6.92 Å². The minimum atomic E-state index is -4.12. The lowest BCUT2D eigenvalue weighted by Gasteiger charge is -2.38. The molecule has 1 aliphatic heterocycles. The second-order valence-corrected chi connectivity index (χ2v) is 7.58. The molecule has 0 unspecified atom stereocenters. The van der Waals surface area contributed by atoms with Crippen LogP contribution in [0.3, 0.4) is 0 Å². The minimum absolute atomic E-state index is 0.104. The van der Waals surface area contributed by atoms with Gasteiger partial charge < -0.3 is 14.2 Å². The Labute approximate surface area is 146 Å². The lowest BCUT2D eigenvalue weighted by atomic mass is 9.82. The number of ether oxygens (including phenoxy) is 3. The summed E-state index contributed by atoms with van der Waals surface area (Å²) in [5, 5.41) is 0.221. The van der Waals surface area contributed by atoms with Crippen LogP contribution in [0.25, 0.3) is 0 Å². The molecule has 0 radical (unpaired) electrons. The highest BCUT2D eigenvalue weighted by molar-refractivity contribution is 7.90. The van der Waals surface area contributed by atoms with Gasteiger partial charge in [0, 0.05) is 12.1 Å². The first kappa shape index (κ1) is 19.0. The van der Waals surface area contributed by atoms with Gasteiger partial charge in [-0.25, -0.2) is 13.1 Å². The monoisotopic (exact) mass is 377 g/mol. The van der Waals surface area contributed by atoms with Gasteiger partial charge in [-0.05, 0) is 24.6 Å². The molecule has 134 valence electrons. The first-order chi connectivity index (χ1) is 11.3. The lowest BCUT2D eigenvalue weighted by molar-refractivity contribution is -0.160. The van der Waals surface area contributed by atoms with Crippen LogP contribution in [0.4, 0.5) is 0 Å². The molecule has 0 atom stereocenters. The van der Waals surface area contributed by atoms with Crippen LogP contribution in [0.1, 0.15) is 13.3 Å². The number of amides is 1. The van der Waals surface area contributed by atoms with Gasteiger partial charge in [0.15, 0.2) is 0 Å². The molecule has 1 aromatic carbocycles. The number of halogens is 1. The Bertz CT molecular complexity index is 696. The number of carbonyl (C=O) groups is 1. The SMILES string of the molecule is CCC1(C(=O)NS(=O)(=O)c2cc(Cl)ccc2OCCOC)COC1. The number of rotatable bonds is 8. The quantitative estimate of drug-likeness (QED) is 0.692. The Morgan fingerprint density at radius 1 is 1.38 bits per heavy atom. The van der Waals surface area contributed by atoms with Crippen LogP contribution >= 0.6 is 11.6 Å². The normalized spacial score (nSPS) is 16.3. The van der Waals surface area contributed by atoms with E-state index in [0.717, 1.165) is 0 Å². The summed E-state index contributed by atoms with van der Waals surface area (Å²) in [6, 6.07) is 4.20. The molecular formula is C15H20ClNO6S. The molecule has 9 heteroatoms. The molecule has 7 nitrogen and oxygen atoms in total. The van der Waals surface area contributed by atoms with E-state index in [-0.39, 0.29) is 35.5 Å². The number of methoxy groups -OCH3 is 1. The maximum Gasteiger partial charge on any atom is 0.267 e. The van der Waals surface area contributed by atoms with Crippen molar-refractivity contribution in [2.75, 3.05) is 33.5 Å². The number of nitrogens with one attached hydrogen (secondary N) is 1. The third-order valence-electron chi connectivity index (χ3n) is 3.88. The van der Waals surface area contributed by atoms with Gasteiger partial charge in [-0.3, -0.25) is 4.79 Å². The fraction of sp³-hybridized carbons (Fsp3) is 0.533. The maximum absolute atomic E-state index is 12.6. The molecule has 1 aromatic rings. The molecule has 0 saturated carbocycles. The van der Waals surface area contributed by atoms with E-state index >= 15 is 0 Å². The zero-order valence-electron chi connectivity index (χ0n) is 13.5. The molecule has 0 spiro atoms. The molecule has 1 fully saturated rings. The molecule has 2 rings (SSSR count). The number of benzene rings is 1. The van der Waals surface area contributed by atoms with Gasteiger partial charge in [-0.2, -0.15) is 0 Å². The molecular weight excluding hydrogens is 358 g/mol. The van der Waals surface area contributed by atoms with Crippen molar-refractivity contribution in [2.45, 2.75) is 18.2 Å². The van der Waals surface area contributed by atoms with Gasteiger partial charge in [0.1, 0.15) is 17.3 Å². The highest BCUT2D eigenvalue weighted by Gasteiger charge is 2.45. The van der Waals surface area contributed by atoms with E-state index < -0.39 is 21.3 Å². The Hall–Kier alpha value is -1.35. The van der Waals surface area contributed by atoms with E-state index in [2.05, 4.69) is 4.72 Å². The van der Waals surface area contributed by atoms with E-state index in [1.54, 1.807) is 0 Å². The molecule has 1 saturated heterocycles. The van der Waals surface area contributed by atoms with Gasteiger partial charge in [-0.1, -0.05) is 18.5 Å².